The molecule has 0 aliphatic rings. The Labute approximate surface area is 181 Å². The zero-order valence-electron chi connectivity index (χ0n) is 17.5. The van der Waals surface area contributed by atoms with Crippen LogP contribution in [0.3, 0.4) is 0 Å². The van der Waals surface area contributed by atoms with Crippen LogP contribution in [-0.4, -0.2) is 23.2 Å². The second-order valence-electron chi connectivity index (χ2n) is 7.14. The quantitative estimate of drug-likeness (QED) is 0.378. The lowest BCUT2D eigenvalue weighted by atomic mass is 10.1. The van der Waals surface area contributed by atoms with Crippen LogP contribution in [0.25, 0.3) is 10.9 Å². The molecule has 1 heterocycles. The molecule has 0 saturated heterocycles. The first-order valence-corrected chi connectivity index (χ1v) is 10.7. The number of unbranched alkanes of at least 4 members (excludes halogenated alkanes) is 1. The maximum absolute atomic E-state index is 14.4. The number of aromatic nitrogens is 2. The van der Waals surface area contributed by atoms with E-state index in [9.17, 15) is 4.39 Å². The van der Waals surface area contributed by atoms with Gasteiger partial charge in [0.25, 0.3) is 0 Å². The van der Waals surface area contributed by atoms with Crippen molar-refractivity contribution in [3.8, 4) is 11.5 Å². The zero-order valence-corrected chi connectivity index (χ0v) is 18.3. The van der Waals surface area contributed by atoms with E-state index in [4.69, 9.17) is 21.1 Å². The number of rotatable bonds is 10. The fraction of sp³-hybridized carbons (Fsp3) is 0.391. The van der Waals surface area contributed by atoms with E-state index >= 15 is 0 Å². The van der Waals surface area contributed by atoms with Gasteiger partial charge in [-0.25, -0.2) is 14.4 Å². The molecule has 1 N–H and O–H groups in total. The first-order chi connectivity index (χ1) is 14.6. The van der Waals surface area contributed by atoms with Crippen LogP contribution >= 0.6 is 11.6 Å². The summed E-state index contributed by atoms with van der Waals surface area (Å²) >= 11 is 5.91. The number of anilines is 2. The standard InChI is InChI=1S/C23H27ClFN3O2/c1-4-6-9-15(8-5-2)30-21-12-16-19(13-20(21)29-3)26-14-27-23(16)28-18-11-7-10-17(24)22(18)25/h7,10-15H,4-6,8-9H2,1-3H3,(H,26,27,28). The minimum Gasteiger partial charge on any atom is -0.493 e. The Balaban J connectivity index is 2.00. The normalized spacial score (nSPS) is 12.0. The first kappa shape index (κ1) is 22.1. The van der Waals surface area contributed by atoms with E-state index in [0.29, 0.717) is 28.2 Å². The van der Waals surface area contributed by atoms with Gasteiger partial charge in [-0.1, -0.05) is 50.8 Å². The highest BCUT2D eigenvalue weighted by Crippen LogP contribution is 2.36. The monoisotopic (exact) mass is 431 g/mol. The molecule has 0 spiro atoms. The molecule has 1 atom stereocenters. The first-order valence-electron chi connectivity index (χ1n) is 10.3. The van der Waals surface area contributed by atoms with Gasteiger partial charge in [-0.15, -0.1) is 0 Å². The topological polar surface area (TPSA) is 56.3 Å². The molecule has 2 aromatic carbocycles. The maximum atomic E-state index is 14.4. The van der Waals surface area contributed by atoms with Gasteiger partial charge in [-0.3, -0.25) is 0 Å². The van der Waals surface area contributed by atoms with Crippen molar-refractivity contribution in [1.82, 2.24) is 9.97 Å². The van der Waals surface area contributed by atoms with Crippen molar-refractivity contribution in [3.05, 3.63) is 47.5 Å². The van der Waals surface area contributed by atoms with Crippen molar-refractivity contribution in [2.24, 2.45) is 0 Å². The summed E-state index contributed by atoms with van der Waals surface area (Å²) in [6.45, 7) is 4.32. The molecule has 0 bridgehead atoms. The molecule has 1 unspecified atom stereocenters. The minimum atomic E-state index is -0.529. The molecule has 0 saturated carbocycles. The number of hydrogen-bond acceptors (Lipinski definition) is 5. The summed E-state index contributed by atoms with van der Waals surface area (Å²) in [6.07, 6.45) is 6.73. The number of fused-ring (bicyclic) bond motifs is 1. The molecular formula is C23H27ClFN3O2. The lowest BCUT2D eigenvalue weighted by molar-refractivity contribution is 0.170. The molecule has 7 heteroatoms. The third-order valence-corrected chi connectivity index (χ3v) is 5.20. The summed E-state index contributed by atoms with van der Waals surface area (Å²) in [5, 5.41) is 3.78. The fourth-order valence-corrected chi connectivity index (χ4v) is 3.51. The highest BCUT2D eigenvalue weighted by atomic mass is 35.5. The van der Waals surface area contributed by atoms with Crippen molar-refractivity contribution in [1.29, 1.82) is 0 Å². The molecule has 3 aromatic rings. The summed E-state index contributed by atoms with van der Waals surface area (Å²) in [6, 6.07) is 8.46. The third-order valence-electron chi connectivity index (χ3n) is 4.91. The lowest BCUT2D eigenvalue weighted by Gasteiger charge is -2.21. The number of hydrogen-bond donors (Lipinski definition) is 1. The van der Waals surface area contributed by atoms with Crippen LogP contribution in [0.15, 0.2) is 36.7 Å². The van der Waals surface area contributed by atoms with Gasteiger partial charge in [-0.2, -0.15) is 0 Å². The SMILES string of the molecule is CCCCC(CCC)Oc1cc2c(Nc3cccc(Cl)c3F)ncnc2cc1OC. The van der Waals surface area contributed by atoms with Crippen LogP contribution in [0.2, 0.25) is 5.02 Å². The Morgan fingerprint density at radius 2 is 1.93 bits per heavy atom. The van der Waals surface area contributed by atoms with E-state index in [2.05, 4.69) is 29.1 Å². The Morgan fingerprint density at radius 1 is 1.10 bits per heavy atom. The molecular weight excluding hydrogens is 405 g/mol. The number of halogens is 2. The van der Waals surface area contributed by atoms with Gasteiger partial charge < -0.3 is 14.8 Å². The van der Waals surface area contributed by atoms with Crippen LogP contribution in [-0.2, 0) is 0 Å². The average Bonchev–Trinajstić information content (AvgIpc) is 2.75. The predicted octanol–water partition coefficient (Wildman–Crippen LogP) is 6.91. The van der Waals surface area contributed by atoms with E-state index in [1.807, 2.05) is 12.1 Å². The average molecular weight is 432 g/mol. The third kappa shape index (κ3) is 5.11. The zero-order chi connectivity index (χ0) is 21.5. The molecule has 3 rings (SSSR count). The predicted molar refractivity (Wildman–Crippen MR) is 120 cm³/mol. The van der Waals surface area contributed by atoms with Crippen molar-refractivity contribution < 1.29 is 13.9 Å². The molecule has 0 aliphatic carbocycles. The second-order valence-corrected chi connectivity index (χ2v) is 7.55. The molecule has 5 nitrogen and oxygen atoms in total. The summed E-state index contributed by atoms with van der Waals surface area (Å²) in [7, 11) is 1.61. The molecule has 30 heavy (non-hydrogen) atoms. The Kier molecular flexibility index (Phi) is 7.69. The Bertz CT molecular complexity index is 1000. The largest absolute Gasteiger partial charge is 0.493 e. The van der Waals surface area contributed by atoms with Crippen molar-refractivity contribution in [3.63, 3.8) is 0 Å². The van der Waals surface area contributed by atoms with Gasteiger partial charge in [-0.05, 0) is 31.0 Å². The van der Waals surface area contributed by atoms with Gasteiger partial charge in [0.15, 0.2) is 17.3 Å². The van der Waals surface area contributed by atoms with Crippen LogP contribution in [0.1, 0.15) is 46.0 Å². The van der Waals surface area contributed by atoms with Gasteiger partial charge in [0.2, 0.25) is 0 Å². The maximum Gasteiger partial charge on any atom is 0.165 e. The van der Waals surface area contributed by atoms with E-state index in [1.165, 1.54) is 12.4 Å². The minimum absolute atomic E-state index is 0.0439. The van der Waals surface area contributed by atoms with Crippen molar-refractivity contribution in [2.45, 2.75) is 52.1 Å². The van der Waals surface area contributed by atoms with Gasteiger partial charge in [0, 0.05) is 11.5 Å². The number of ether oxygens (including phenoxy) is 2. The van der Waals surface area contributed by atoms with E-state index < -0.39 is 5.82 Å². The van der Waals surface area contributed by atoms with Crippen LogP contribution in [0.5, 0.6) is 11.5 Å². The summed E-state index contributed by atoms with van der Waals surface area (Å²) in [5.41, 5.74) is 0.910. The molecule has 0 amide bonds. The van der Waals surface area contributed by atoms with Crippen LogP contribution in [0.4, 0.5) is 15.9 Å². The highest BCUT2D eigenvalue weighted by Gasteiger charge is 2.17. The van der Waals surface area contributed by atoms with E-state index in [-0.39, 0.29) is 16.8 Å². The van der Waals surface area contributed by atoms with Gasteiger partial charge in [0.05, 0.1) is 29.4 Å². The number of benzene rings is 2. The number of methoxy groups -OCH3 is 1. The molecule has 0 radical (unpaired) electrons. The second kappa shape index (κ2) is 10.4. The summed E-state index contributed by atoms with van der Waals surface area (Å²) in [5.74, 6) is 1.18. The number of nitrogens with one attached hydrogen (secondary N) is 1. The van der Waals surface area contributed by atoms with Crippen molar-refractivity contribution in [2.75, 3.05) is 12.4 Å². The van der Waals surface area contributed by atoms with Crippen molar-refractivity contribution >= 4 is 34.0 Å². The van der Waals surface area contributed by atoms with E-state index in [1.54, 1.807) is 19.2 Å². The Hall–Kier alpha value is -2.60. The Morgan fingerprint density at radius 3 is 2.67 bits per heavy atom. The summed E-state index contributed by atoms with van der Waals surface area (Å²) in [4.78, 5) is 8.64. The highest BCUT2D eigenvalue weighted by molar-refractivity contribution is 6.31. The van der Waals surface area contributed by atoms with E-state index in [0.717, 1.165) is 32.1 Å². The molecule has 0 aliphatic heterocycles. The molecule has 0 fully saturated rings. The summed E-state index contributed by atoms with van der Waals surface area (Å²) < 4.78 is 26.3. The van der Waals surface area contributed by atoms with Crippen LogP contribution in [0, 0.1) is 5.82 Å². The van der Waals surface area contributed by atoms with Gasteiger partial charge >= 0.3 is 0 Å². The number of nitrogens with zero attached hydrogens (tertiary/aromatic N) is 2. The van der Waals surface area contributed by atoms with Gasteiger partial charge in [0.1, 0.15) is 12.1 Å². The smallest absolute Gasteiger partial charge is 0.165 e. The lowest BCUT2D eigenvalue weighted by Crippen LogP contribution is -2.16. The van der Waals surface area contributed by atoms with Crippen LogP contribution < -0.4 is 14.8 Å². The molecule has 1 aromatic heterocycles. The fourth-order valence-electron chi connectivity index (χ4n) is 3.34. The molecule has 160 valence electrons.